The number of alkyl halides is 3. The van der Waals surface area contributed by atoms with Gasteiger partial charge in [-0.15, -0.1) is 0 Å². The van der Waals surface area contributed by atoms with Crippen LogP contribution in [0.3, 0.4) is 0 Å². The highest BCUT2D eigenvalue weighted by atomic mass is 35.5. The third kappa shape index (κ3) is 7.64. The van der Waals surface area contributed by atoms with Crippen LogP contribution in [-0.4, -0.2) is 40.2 Å². The Labute approximate surface area is 234 Å². The summed E-state index contributed by atoms with van der Waals surface area (Å²) in [5.74, 6) is 0.970. The molecule has 40 heavy (non-hydrogen) atoms. The van der Waals surface area contributed by atoms with E-state index in [9.17, 15) is 23.1 Å². The van der Waals surface area contributed by atoms with Crippen LogP contribution in [0, 0.1) is 0 Å². The molecule has 1 atom stereocenters. The summed E-state index contributed by atoms with van der Waals surface area (Å²) in [4.78, 5) is 21.5. The fourth-order valence-corrected chi connectivity index (χ4v) is 4.25. The van der Waals surface area contributed by atoms with Crippen LogP contribution in [0.25, 0.3) is 6.08 Å². The number of rotatable bonds is 10. The molecule has 0 saturated heterocycles. The molecule has 0 radical (unpaired) electrons. The third-order valence-electron chi connectivity index (χ3n) is 6.24. The Morgan fingerprint density at radius 3 is 2.80 bits per heavy atom. The van der Waals surface area contributed by atoms with Gasteiger partial charge in [-0.3, -0.25) is 4.79 Å². The average molecular weight is 576 g/mol. The van der Waals surface area contributed by atoms with E-state index in [1.54, 1.807) is 18.2 Å². The number of anilines is 3. The van der Waals surface area contributed by atoms with Crippen molar-refractivity contribution >= 4 is 40.9 Å². The number of nitrogens with zero attached hydrogens (tertiary/aromatic N) is 2. The lowest BCUT2D eigenvalue weighted by atomic mass is 10.1. The van der Waals surface area contributed by atoms with E-state index < -0.39 is 11.7 Å². The number of amides is 1. The number of benzene rings is 2. The quantitative estimate of drug-likeness (QED) is 0.203. The standard InChI is InChI=1S/C28H29ClF3N5O3/c1-2-20(38)6-4-11-34-27(39)17-10-12-33-25-22(13-17)26(36-16-35-25)37-19-8-9-24(23(29)15-19)40-21-7-3-5-18(14-21)28(30,31)32/h3,5,7-9,13-16,20,38H,2,4,6,10-12H2,1H3,(H,34,39)(H2,33,35,36,37). The summed E-state index contributed by atoms with van der Waals surface area (Å²) in [7, 11) is 0. The fraction of sp³-hybridized carbons (Fsp3) is 0.321. The molecule has 2 heterocycles. The molecule has 0 fully saturated rings. The lowest BCUT2D eigenvalue weighted by Gasteiger charge is -2.14. The number of hydrogen-bond acceptors (Lipinski definition) is 7. The second-order valence-corrected chi connectivity index (χ2v) is 9.60. The van der Waals surface area contributed by atoms with Crippen molar-refractivity contribution < 1.29 is 27.8 Å². The normalized spacial score (nSPS) is 13.8. The molecule has 0 spiro atoms. The fourth-order valence-electron chi connectivity index (χ4n) is 4.03. The smallest absolute Gasteiger partial charge is 0.416 e. The zero-order valence-electron chi connectivity index (χ0n) is 21.7. The van der Waals surface area contributed by atoms with Crippen LogP contribution in [-0.2, 0) is 11.0 Å². The molecule has 1 aliphatic heterocycles. The lowest BCUT2D eigenvalue weighted by Crippen LogP contribution is -2.27. The van der Waals surface area contributed by atoms with Crippen LogP contribution in [0.5, 0.6) is 11.5 Å². The number of halogens is 4. The van der Waals surface area contributed by atoms with Gasteiger partial charge in [0.2, 0.25) is 5.91 Å². The summed E-state index contributed by atoms with van der Waals surface area (Å²) >= 11 is 6.39. The summed E-state index contributed by atoms with van der Waals surface area (Å²) in [5.41, 5.74) is 0.865. The first-order chi connectivity index (χ1) is 19.1. The molecule has 2 aromatic carbocycles. The first-order valence-corrected chi connectivity index (χ1v) is 13.2. The molecular weight excluding hydrogens is 547 g/mol. The highest BCUT2D eigenvalue weighted by Gasteiger charge is 2.30. The Kier molecular flexibility index (Phi) is 9.49. The Hall–Kier alpha value is -3.83. The molecule has 1 unspecified atom stereocenters. The Balaban J connectivity index is 1.48. The van der Waals surface area contributed by atoms with Crippen molar-refractivity contribution in [3.8, 4) is 11.5 Å². The second-order valence-electron chi connectivity index (χ2n) is 9.19. The number of carbonyl (C=O) groups is 1. The minimum absolute atomic E-state index is 0.00196. The predicted molar refractivity (Wildman–Crippen MR) is 148 cm³/mol. The largest absolute Gasteiger partial charge is 0.456 e. The maximum atomic E-state index is 13.0. The molecule has 3 aromatic rings. The van der Waals surface area contributed by atoms with E-state index in [1.165, 1.54) is 24.5 Å². The van der Waals surface area contributed by atoms with Crippen molar-refractivity contribution in [2.75, 3.05) is 23.7 Å². The van der Waals surface area contributed by atoms with Gasteiger partial charge in [0.05, 0.1) is 22.3 Å². The van der Waals surface area contributed by atoms with Crippen molar-refractivity contribution in [2.24, 2.45) is 0 Å². The zero-order chi connectivity index (χ0) is 28.7. The van der Waals surface area contributed by atoms with Gasteiger partial charge < -0.3 is 25.8 Å². The van der Waals surface area contributed by atoms with Crippen molar-refractivity contribution in [2.45, 2.75) is 44.9 Å². The van der Waals surface area contributed by atoms with Crippen molar-refractivity contribution in [1.29, 1.82) is 0 Å². The molecular formula is C28H29ClF3N5O3. The number of aliphatic hydroxyl groups is 1. The van der Waals surface area contributed by atoms with Gasteiger partial charge >= 0.3 is 6.18 Å². The molecule has 8 nitrogen and oxygen atoms in total. The molecule has 1 aromatic heterocycles. The topological polar surface area (TPSA) is 108 Å². The van der Waals surface area contributed by atoms with Gasteiger partial charge in [-0.25, -0.2) is 9.97 Å². The first kappa shape index (κ1) is 29.2. The van der Waals surface area contributed by atoms with Gasteiger partial charge in [-0.2, -0.15) is 13.2 Å². The van der Waals surface area contributed by atoms with Crippen LogP contribution < -0.4 is 20.7 Å². The van der Waals surface area contributed by atoms with Gasteiger partial charge in [-0.05, 0) is 68.2 Å². The van der Waals surface area contributed by atoms with Crippen LogP contribution in [0.15, 0.2) is 54.4 Å². The third-order valence-corrected chi connectivity index (χ3v) is 6.53. The van der Waals surface area contributed by atoms with Gasteiger partial charge in [0.1, 0.15) is 29.5 Å². The van der Waals surface area contributed by atoms with Gasteiger partial charge in [0, 0.05) is 24.4 Å². The molecule has 0 saturated carbocycles. The maximum Gasteiger partial charge on any atom is 0.416 e. The van der Waals surface area contributed by atoms with Crippen LogP contribution in [0.2, 0.25) is 5.02 Å². The molecule has 0 bridgehead atoms. The van der Waals surface area contributed by atoms with E-state index >= 15 is 0 Å². The van der Waals surface area contributed by atoms with Crippen molar-refractivity contribution in [1.82, 2.24) is 15.3 Å². The van der Waals surface area contributed by atoms with Gasteiger partial charge in [0.25, 0.3) is 0 Å². The van der Waals surface area contributed by atoms with Crippen LogP contribution in [0.4, 0.5) is 30.5 Å². The summed E-state index contributed by atoms with van der Waals surface area (Å²) in [5, 5.41) is 19.1. The number of aliphatic hydroxyl groups excluding tert-OH is 1. The zero-order valence-corrected chi connectivity index (χ0v) is 22.4. The number of nitrogens with one attached hydrogen (secondary N) is 3. The number of fused-ring (bicyclic) bond motifs is 1. The van der Waals surface area contributed by atoms with Crippen LogP contribution in [0.1, 0.15) is 43.7 Å². The summed E-state index contributed by atoms with van der Waals surface area (Å²) < 4.78 is 44.7. The number of ether oxygens (including phenoxy) is 1. The maximum absolute atomic E-state index is 13.0. The van der Waals surface area contributed by atoms with E-state index in [0.29, 0.717) is 67.2 Å². The van der Waals surface area contributed by atoms with E-state index in [0.717, 1.165) is 12.1 Å². The molecule has 4 N–H and O–H groups in total. The van der Waals surface area contributed by atoms with E-state index in [1.807, 2.05) is 6.92 Å². The Morgan fingerprint density at radius 1 is 1.23 bits per heavy atom. The minimum atomic E-state index is -4.49. The predicted octanol–water partition coefficient (Wildman–Crippen LogP) is 6.55. The number of hydrogen-bond donors (Lipinski definition) is 4. The van der Waals surface area contributed by atoms with E-state index in [-0.39, 0.29) is 28.5 Å². The minimum Gasteiger partial charge on any atom is -0.456 e. The SMILES string of the molecule is CCC(O)CCCNC(=O)C1=Cc2c(ncnc2Nc2ccc(Oc3cccc(C(F)(F)F)c3)c(Cl)c2)NCC1. The van der Waals surface area contributed by atoms with Crippen molar-refractivity contribution in [3.63, 3.8) is 0 Å². The Bertz CT molecular complexity index is 1380. The first-order valence-electron chi connectivity index (χ1n) is 12.8. The van der Waals surface area contributed by atoms with Crippen LogP contribution >= 0.6 is 11.6 Å². The molecule has 4 rings (SSSR count). The number of aromatic nitrogens is 2. The van der Waals surface area contributed by atoms with Gasteiger partial charge in [0.15, 0.2) is 0 Å². The second kappa shape index (κ2) is 13.0. The lowest BCUT2D eigenvalue weighted by molar-refractivity contribution is -0.137. The Morgan fingerprint density at radius 2 is 2.05 bits per heavy atom. The average Bonchev–Trinajstić information content (AvgIpc) is 3.15. The number of carbonyl (C=O) groups excluding carboxylic acids is 1. The van der Waals surface area contributed by atoms with E-state index in [2.05, 4.69) is 25.9 Å². The molecule has 1 aliphatic rings. The monoisotopic (exact) mass is 575 g/mol. The highest BCUT2D eigenvalue weighted by molar-refractivity contribution is 6.32. The van der Waals surface area contributed by atoms with Gasteiger partial charge in [-0.1, -0.05) is 24.6 Å². The van der Waals surface area contributed by atoms with E-state index in [4.69, 9.17) is 16.3 Å². The molecule has 12 heteroatoms. The summed E-state index contributed by atoms with van der Waals surface area (Å²) in [6, 6.07) is 9.28. The molecule has 1 amide bonds. The van der Waals surface area contributed by atoms with Crippen molar-refractivity contribution in [3.05, 3.63) is 70.5 Å². The summed E-state index contributed by atoms with van der Waals surface area (Å²) in [6.45, 7) is 2.87. The summed E-state index contributed by atoms with van der Waals surface area (Å²) in [6.07, 6.45) is 0.710. The molecule has 0 aliphatic carbocycles. The highest BCUT2D eigenvalue weighted by Crippen LogP contribution is 2.36. The molecule has 212 valence electrons.